The van der Waals surface area contributed by atoms with Gasteiger partial charge in [-0.1, -0.05) is 42.5 Å². The third-order valence-electron chi connectivity index (χ3n) is 4.28. The minimum atomic E-state index is -0.168. The van der Waals surface area contributed by atoms with Crippen molar-refractivity contribution in [2.45, 2.75) is 32.0 Å². The fourth-order valence-electron chi connectivity index (χ4n) is 3.28. The summed E-state index contributed by atoms with van der Waals surface area (Å²) in [6, 6.07) is 15.2. The van der Waals surface area contributed by atoms with Gasteiger partial charge in [-0.3, -0.25) is 4.90 Å². The van der Waals surface area contributed by atoms with Crippen LogP contribution in [0.15, 0.2) is 48.5 Å². The van der Waals surface area contributed by atoms with Crippen LogP contribution in [0.1, 0.15) is 29.7 Å². The second kappa shape index (κ2) is 5.96. The monoisotopic (exact) mass is 284 g/mol. The predicted octanol–water partition coefficient (Wildman–Crippen LogP) is 3.27. The number of fused-ring (bicyclic) bond motifs is 1. The maximum absolute atomic E-state index is 14.2. The summed E-state index contributed by atoms with van der Waals surface area (Å²) in [6.07, 6.45) is 0.994. The summed E-state index contributed by atoms with van der Waals surface area (Å²) in [7, 11) is 0. The molecule has 0 amide bonds. The SMILES string of the molecule is CC(N)C(c1ccccc1F)N1CCc2ccccc2C1. The van der Waals surface area contributed by atoms with Gasteiger partial charge in [0.05, 0.1) is 6.04 Å². The zero-order valence-electron chi connectivity index (χ0n) is 12.3. The number of halogens is 1. The first-order valence-electron chi connectivity index (χ1n) is 7.47. The molecule has 21 heavy (non-hydrogen) atoms. The van der Waals surface area contributed by atoms with Crippen LogP contribution in [0.4, 0.5) is 4.39 Å². The van der Waals surface area contributed by atoms with Gasteiger partial charge in [0.15, 0.2) is 0 Å². The van der Waals surface area contributed by atoms with E-state index in [4.69, 9.17) is 5.73 Å². The van der Waals surface area contributed by atoms with Crippen molar-refractivity contribution in [3.8, 4) is 0 Å². The molecule has 0 fully saturated rings. The molecule has 1 heterocycles. The fraction of sp³-hybridized carbons (Fsp3) is 0.333. The molecular formula is C18H21FN2. The number of benzene rings is 2. The predicted molar refractivity (Wildman–Crippen MR) is 83.3 cm³/mol. The van der Waals surface area contributed by atoms with Crippen molar-refractivity contribution in [1.29, 1.82) is 0 Å². The van der Waals surface area contributed by atoms with Gasteiger partial charge in [0.2, 0.25) is 0 Å². The largest absolute Gasteiger partial charge is 0.326 e. The number of rotatable bonds is 3. The Morgan fingerprint density at radius 1 is 1.05 bits per heavy atom. The lowest BCUT2D eigenvalue weighted by molar-refractivity contribution is 0.156. The van der Waals surface area contributed by atoms with Crippen LogP contribution < -0.4 is 5.73 Å². The number of hydrogen-bond donors (Lipinski definition) is 1. The Hall–Kier alpha value is -1.71. The Bertz CT molecular complexity index is 624. The van der Waals surface area contributed by atoms with Gasteiger partial charge in [0.25, 0.3) is 0 Å². The molecule has 2 N–H and O–H groups in total. The Morgan fingerprint density at radius 2 is 1.71 bits per heavy atom. The maximum atomic E-state index is 14.2. The zero-order chi connectivity index (χ0) is 14.8. The third kappa shape index (κ3) is 2.85. The van der Waals surface area contributed by atoms with Gasteiger partial charge >= 0.3 is 0 Å². The summed E-state index contributed by atoms with van der Waals surface area (Å²) in [6.45, 7) is 3.70. The third-order valence-corrected chi connectivity index (χ3v) is 4.28. The molecule has 3 rings (SSSR count). The highest BCUT2D eigenvalue weighted by Crippen LogP contribution is 2.30. The lowest BCUT2D eigenvalue weighted by Crippen LogP contribution is -2.42. The smallest absolute Gasteiger partial charge is 0.128 e. The Morgan fingerprint density at radius 3 is 2.43 bits per heavy atom. The molecule has 2 atom stereocenters. The van der Waals surface area contributed by atoms with Crippen LogP contribution in [0.5, 0.6) is 0 Å². The molecular weight excluding hydrogens is 263 g/mol. The van der Waals surface area contributed by atoms with Crippen molar-refractivity contribution < 1.29 is 4.39 Å². The topological polar surface area (TPSA) is 29.3 Å². The summed E-state index contributed by atoms with van der Waals surface area (Å²) >= 11 is 0. The molecule has 110 valence electrons. The van der Waals surface area contributed by atoms with Gasteiger partial charge in [-0.05, 0) is 30.5 Å². The molecule has 0 aromatic heterocycles. The summed E-state index contributed by atoms with van der Waals surface area (Å²) in [5.74, 6) is -0.168. The van der Waals surface area contributed by atoms with Gasteiger partial charge in [-0.15, -0.1) is 0 Å². The molecule has 2 unspecified atom stereocenters. The maximum Gasteiger partial charge on any atom is 0.128 e. The first-order chi connectivity index (χ1) is 10.2. The van der Waals surface area contributed by atoms with Gasteiger partial charge in [0.1, 0.15) is 5.82 Å². The average Bonchev–Trinajstić information content (AvgIpc) is 2.49. The van der Waals surface area contributed by atoms with E-state index in [9.17, 15) is 4.39 Å². The molecule has 2 nitrogen and oxygen atoms in total. The second-order valence-electron chi connectivity index (χ2n) is 5.81. The molecule has 1 aliphatic heterocycles. The van der Waals surface area contributed by atoms with Crippen molar-refractivity contribution in [2.24, 2.45) is 5.73 Å². The van der Waals surface area contributed by atoms with Crippen molar-refractivity contribution in [3.63, 3.8) is 0 Å². The molecule has 3 heteroatoms. The summed E-state index contributed by atoms with van der Waals surface area (Å²) in [5, 5.41) is 0. The van der Waals surface area contributed by atoms with Crippen molar-refractivity contribution in [1.82, 2.24) is 4.90 Å². The van der Waals surface area contributed by atoms with Crippen LogP contribution in [0.2, 0.25) is 0 Å². The van der Waals surface area contributed by atoms with Crippen molar-refractivity contribution >= 4 is 0 Å². The fourth-order valence-corrected chi connectivity index (χ4v) is 3.28. The van der Waals surface area contributed by atoms with Crippen LogP contribution in [-0.4, -0.2) is 17.5 Å². The average molecular weight is 284 g/mol. The molecule has 0 spiro atoms. The highest BCUT2D eigenvalue weighted by molar-refractivity contribution is 5.30. The number of nitrogens with zero attached hydrogens (tertiary/aromatic N) is 1. The van der Waals surface area contributed by atoms with E-state index in [1.807, 2.05) is 19.1 Å². The highest BCUT2D eigenvalue weighted by Gasteiger charge is 2.28. The molecule has 0 radical (unpaired) electrons. The van der Waals surface area contributed by atoms with Gasteiger partial charge in [-0.2, -0.15) is 0 Å². The quantitative estimate of drug-likeness (QED) is 0.937. The van der Waals surface area contributed by atoms with Crippen molar-refractivity contribution in [2.75, 3.05) is 6.54 Å². The minimum Gasteiger partial charge on any atom is -0.326 e. The molecule has 0 saturated heterocycles. The lowest BCUT2D eigenvalue weighted by atomic mass is 9.93. The minimum absolute atomic E-state index is 0.0837. The normalized spacial score (nSPS) is 18.0. The van der Waals surface area contributed by atoms with E-state index in [0.717, 1.165) is 19.5 Å². The van der Waals surface area contributed by atoms with E-state index < -0.39 is 0 Å². The molecule has 0 saturated carbocycles. The number of hydrogen-bond acceptors (Lipinski definition) is 2. The van der Waals surface area contributed by atoms with Gasteiger partial charge in [0, 0.05) is 24.7 Å². The van der Waals surface area contributed by atoms with E-state index in [0.29, 0.717) is 5.56 Å². The molecule has 2 aromatic rings. The van der Waals surface area contributed by atoms with E-state index in [-0.39, 0.29) is 17.9 Å². The molecule has 0 aliphatic carbocycles. The lowest BCUT2D eigenvalue weighted by Gasteiger charge is -2.38. The Kier molecular flexibility index (Phi) is 4.04. The Balaban J connectivity index is 1.92. The van der Waals surface area contributed by atoms with E-state index >= 15 is 0 Å². The highest BCUT2D eigenvalue weighted by atomic mass is 19.1. The summed E-state index contributed by atoms with van der Waals surface area (Å²) in [5.41, 5.74) is 9.60. The van der Waals surface area contributed by atoms with Crippen LogP contribution in [0.25, 0.3) is 0 Å². The van der Waals surface area contributed by atoms with Crippen LogP contribution >= 0.6 is 0 Å². The van der Waals surface area contributed by atoms with Crippen LogP contribution in [-0.2, 0) is 13.0 Å². The molecule has 2 aromatic carbocycles. The summed E-state index contributed by atoms with van der Waals surface area (Å²) < 4.78 is 14.2. The zero-order valence-corrected chi connectivity index (χ0v) is 12.3. The standard InChI is InChI=1S/C18H21FN2/c1-13(20)18(16-8-4-5-9-17(16)19)21-11-10-14-6-2-3-7-15(14)12-21/h2-9,13,18H,10-12,20H2,1H3. The molecule has 1 aliphatic rings. The van der Waals surface area contributed by atoms with E-state index in [1.54, 1.807) is 6.07 Å². The molecule has 0 bridgehead atoms. The number of nitrogens with two attached hydrogens (primary N) is 1. The Labute approximate surface area is 125 Å². The van der Waals surface area contributed by atoms with Gasteiger partial charge < -0.3 is 5.73 Å². The van der Waals surface area contributed by atoms with Crippen LogP contribution in [0.3, 0.4) is 0 Å². The van der Waals surface area contributed by atoms with Crippen LogP contribution in [0, 0.1) is 5.82 Å². The second-order valence-corrected chi connectivity index (χ2v) is 5.81. The van der Waals surface area contributed by atoms with Gasteiger partial charge in [-0.25, -0.2) is 4.39 Å². The first kappa shape index (κ1) is 14.2. The van der Waals surface area contributed by atoms with E-state index in [1.165, 1.54) is 17.2 Å². The summed E-state index contributed by atoms with van der Waals surface area (Å²) in [4.78, 5) is 2.30. The van der Waals surface area contributed by atoms with Crippen molar-refractivity contribution in [3.05, 3.63) is 71.0 Å². The van der Waals surface area contributed by atoms with E-state index in [2.05, 4.69) is 29.2 Å². The first-order valence-corrected chi connectivity index (χ1v) is 7.47.